The standard InChI is InChI=1S/C16H18O2/c1-18-16-9-8-13(15(17)10-11-6-7-11)12-4-2-3-5-14(12)16/h2-5,8-9,11,15,17H,6-7,10H2,1H3. The summed E-state index contributed by atoms with van der Waals surface area (Å²) >= 11 is 0. The van der Waals surface area contributed by atoms with E-state index in [4.69, 9.17) is 4.74 Å². The van der Waals surface area contributed by atoms with E-state index < -0.39 is 0 Å². The van der Waals surface area contributed by atoms with Crippen molar-refractivity contribution >= 4 is 10.8 Å². The van der Waals surface area contributed by atoms with Gasteiger partial charge in [-0.25, -0.2) is 0 Å². The maximum atomic E-state index is 10.4. The molecule has 0 radical (unpaired) electrons. The van der Waals surface area contributed by atoms with Gasteiger partial charge in [0, 0.05) is 5.39 Å². The van der Waals surface area contributed by atoms with Crippen molar-refractivity contribution in [3.8, 4) is 5.75 Å². The summed E-state index contributed by atoms with van der Waals surface area (Å²) < 4.78 is 5.37. The Morgan fingerprint density at radius 2 is 1.89 bits per heavy atom. The number of rotatable bonds is 4. The lowest BCUT2D eigenvalue weighted by molar-refractivity contribution is 0.162. The molecule has 0 saturated heterocycles. The normalized spacial score (nSPS) is 16.8. The van der Waals surface area contributed by atoms with E-state index in [0.717, 1.165) is 34.4 Å². The van der Waals surface area contributed by atoms with Crippen LogP contribution < -0.4 is 4.74 Å². The number of hydrogen-bond acceptors (Lipinski definition) is 2. The molecule has 94 valence electrons. The Morgan fingerprint density at radius 1 is 1.17 bits per heavy atom. The smallest absolute Gasteiger partial charge is 0.126 e. The quantitative estimate of drug-likeness (QED) is 0.886. The van der Waals surface area contributed by atoms with Gasteiger partial charge in [0.25, 0.3) is 0 Å². The molecule has 2 nitrogen and oxygen atoms in total. The Balaban J connectivity index is 2.05. The molecule has 1 saturated carbocycles. The van der Waals surface area contributed by atoms with Crippen LogP contribution in [0.25, 0.3) is 10.8 Å². The summed E-state index contributed by atoms with van der Waals surface area (Å²) in [4.78, 5) is 0. The predicted molar refractivity (Wildman–Crippen MR) is 72.8 cm³/mol. The van der Waals surface area contributed by atoms with E-state index in [0.29, 0.717) is 0 Å². The van der Waals surface area contributed by atoms with Crippen LogP contribution in [0.5, 0.6) is 5.75 Å². The third-order valence-electron chi connectivity index (χ3n) is 3.75. The van der Waals surface area contributed by atoms with Crippen molar-refractivity contribution in [2.24, 2.45) is 5.92 Å². The molecule has 0 amide bonds. The topological polar surface area (TPSA) is 29.5 Å². The summed E-state index contributed by atoms with van der Waals surface area (Å²) in [5, 5.41) is 12.5. The summed E-state index contributed by atoms with van der Waals surface area (Å²) in [6.45, 7) is 0. The first-order chi connectivity index (χ1) is 8.79. The highest BCUT2D eigenvalue weighted by molar-refractivity contribution is 5.91. The predicted octanol–water partition coefficient (Wildman–Crippen LogP) is 3.68. The molecule has 1 aliphatic rings. The SMILES string of the molecule is COc1ccc(C(O)CC2CC2)c2ccccc12. The van der Waals surface area contributed by atoms with Crippen LogP contribution in [0.15, 0.2) is 36.4 Å². The van der Waals surface area contributed by atoms with E-state index in [2.05, 4.69) is 6.07 Å². The van der Waals surface area contributed by atoms with Crippen LogP contribution in [0, 0.1) is 5.92 Å². The van der Waals surface area contributed by atoms with Crippen LogP contribution in [0.2, 0.25) is 0 Å². The van der Waals surface area contributed by atoms with Crippen molar-refractivity contribution in [3.63, 3.8) is 0 Å². The van der Waals surface area contributed by atoms with Gasteiger partial charge >= 0.3 is 0 Å². The van der Waals surface area contributed by atoms with E-state index in [1.807, 2.05) is 30.3 Å². The summed E-state index contributed by atoms with van der Waals surface area (Å²) in [7, 11) is 1.68. The summed E-state index contributed by atoms with van der Waals surface area (Å²) in [6, 6.07) is 12.1. The largest absolute Gasteiger partial charge is 0.496 e. The highest BCUT2D eigenvalue weighted by Gasteiger charge is 2.26. The molecule has 0 aromatic heterocycles. The molecule has 0 heterocycles. The lowest BCUT2D eigenvalue weighted by atomic mass is 9.97. The first-order valence-electron chi connectivity index (χ1n) is 6.53. The van der Waals surface area contributed by atoms with Gasteiger partial charge in [-0.2, -0.15) is 0 Å². The van der Waals surface area contributed by atoms with E-state index in [9.17, 15) is 5.11 Å². The average Bonchev–Trinajstić information content (AvgIpc) is 3.21. The van der Waals surface area contributed by atoms with Gasteiger partial charge in [0.1, 0.15) is 5.75 Å². The molecule has 0 aliphatic heterocycles. The van der Waals surface area contributed by atoms with Crippen LogP contribution in [0.1, 0.15) is 30.9 Å². The Morgan fingerprint density at radius 3 is 2.56 bits per heavy atom. The molecule has 1 atom stereocenters. The molecular formula is C16H18O2. The zero-order valence-corrected chi connectivity index (χ0v) is 10.6. The van der Waals surface area contributed by atoms with Gasteiger partial charge in [-0.1, -0.05) is 43.2 Å². The molecule has 3 rings (SSSR count). The van der Waals surface area contributed by atoms with Crippen molar-refractivity contribution in [1.82, 2.24) is 0 Å². The van der Waals surface area contributed by atoms with Crippen molar-refractivity contribution in [3.05, 3.63) is 42.0 Å². The first-order valence-corrected chi connectivity index (χ1v) is 6.53. The average molecular weight is 242 g/mol. The Labute approximate surface area is 107 Å². The van der Waals surface area contributed by atoms with Gasteiger partial charge in [0.15, 0.2) is 0 Å². The molecule has 0 bridgehead atoms. The first kappa shape index (κ1) is 11.5. The van der Waals surface area contributed by atoms with Gasteiger partial charge in [-0.3, -0.25) is 0 Å². The number of hydrogen-bond donors (Lipinski definition) is 1. The van der Waals surface area contributed by atoms with Crippen LogP contribution in [-0.4, -0.2) is 12.2 Å². The fourth-order valence-corrected chi connectivity index (χ4v) is 2.56. The van der Waals surface area contributed by atoms with Crippen molar-refractivity contribution in [2.45, 2.75) is 25.4 Å². The van der Waals surface area contributed by atoms with Crippen LogP contribution in [0.4, 0.5) is 0 Å². The summed E-state index contributed by atoms with van der Waals surface area (Å²) in [5.41, 5.74) is 1.03. The Kier molecular flexibility index (Phi) is 2.96. The highest BCUT2D eigenvalue weighted by Crippen LogP contribution is 2.40. The molecule has 1 unspecified atom stereocenters. The van der Waals surface area contributed by atoms with Gasteiger partial charge < -0.3 is 9.84 Å². The van der Waals surface area contributed by atoms with Crippen molar-refractivity contribution < 1.29 is 9.84 Å². The molecule has 1 N–H and O–H groups in total. The second kappa shape index (κ2) is 4.62. The van der Waals surface area contributed by atoms with Crippen molar-refractivity contribution in [1.29, 1.82) is 0 Å². The number of aliphatic hydroxyl groups is 1. The number of fused-ring (bicyclic) bond motifs is 1. The fraction of sp³-hybridized carbons (Fsp3) is 0.375. The molecule has 2 heteroatoms. The number of aliphatic hydroxyl groups excluding tert-OH is 1. The lowest BCUT2D eigenvalue weighted by Gasteiger charge is -2.15. The van der Waals surface area contributed by atoms with Gasteiger partial charge in [0.05, 0.1) is 13.2 Å². The van der Waals surface area contributed by atoms with Gasteiger partial charge in [-0.05, 0) is 29.4 Å². The Hall–Kier alpha value is -1.54. The minimum atomic E-state index is -0.353. The van der Waals surface area contributed by atoms with Crippen LogP contribution in [0.3, 0.4) is 0 Å². The van der Waals surface area contributed by atoms with Crippen LogP contribution in [-0.2, 0) is 0 Å². The molecule has 2 aromatic carbocycles. The van der Waals surface area contributed by atoms with Gasteiger partial charge in [-0.15, -0.1) is 0 Å². The Bertz CT molecular complexity index is 558. The monoisotopic (exact) mass is 242 g/mol. The zero-order valence-electron chi connectivity index (χ0n) is 10.6. The minimum Gasteiger partial charge on any atom is -0.496 e. The van der Waals surface area contributed by atoms with E-state index >= 15 is 0 Å². The maximum absolute atomic E-state index is 10.4. The maximum Gasteiger partial charge on any atom is 0.126 e. The molecule has 18 heavy (non-hydrogen) atoms. The van der Waals surface area contributed by atoms with E-state index in [1.165, 1.54) is 12.8 Å². The van der Waals surface area contributed by atoms with Crippen molar-refractivity contribution in [2.75, 3.05) is 7.11 Å². The lowest BCUT2D eigenvalue weighted by Crippen LogP contribution is -2.00. The van der Waals surface area contributed by atoms with Crippen LogP contribution >= 0.6 is 0 Å². The second-order valence-electron chi connectivity index (χ2n) is 5.10. The third kappa shape index (κ3) is 2.08. The van der Waals surface area contributed by atoms with E-state index in [-0.39, 0.29) is 6.10 Å². The third-order valence-corrected chi connectivity index (χ3v) is 3.75. The zero-order chi connectivity index (χ0) is 12.5. The number of methoxy groups -OCH3 is 1. The fourth-order valence-electron chi connectivity index (χ4n) is 2.56. The summed E-state index contributed by atoms with van der Waals surface area (Å²) in [5.74, 6) is 1.59. The molecule has 1 aliphatic carbocycles. The highest BCUT2D eigenvalue weighted by atomic mass is 16.5. The number of ether oxygens (including phenoxy) is 1. The minimum absolute atomic E-state index is 0.353. The van der Waals surface area contributed by atoms with Gasteiger partial charge in [0.2, 0.25) is 0 Å². The second-order valence-corrected chi connectivity index (χ2v) is 5.10. The molecule has 2 aromatic rings. The van der Waals surface area contributed by atoms with E-state index in [1.54, 1.807) is 7.11 Å². The number of benzene rings is 2. The summed E-state index contributed by atoms with van der Waals surface area (Å²) in [6.07, 6.45) is 3.07. The molecule has 0 spiro atoms. The molecular weight excluding hydrogens is 224 g/mol. The molecule has 1 fully saturated rings.